The van der Waals surface area contributed by atoms with Crippen LogP contribution in [-0.4, -0.2) is 41.4 Å². The Morgan fingerprint density at radius 1 is 1.12 bits per heavy atom. The second-order valence-corrected chi connectivity index (χ2v) is 9.16. The van der Waals surface area contributed by atoms with Crippen LogP contribution in [0.2, 0.25) is 5.02 Å². The minimum absolute atomic E-state index is 0.149. The molecule has 5 heteroatoms. The summed E-state index contributed by atoms with van der Waals surface area (Å²) in [5, 5.41) is 0.773. The van der Waals surface area contributed by atoms with Crippen LogP contribution in [0.1, 0.15) is 43.5 Å². The molecule has 2 atom stereocenters. The molecule has 2 saturated heterocycles. The Balaban J connectivity index is 1.61. The van der Waals surface area contributed by atoms with Crippen LogP contribution >= 0.6 is 22.9 Å². The zero-order valence-electron chi connectivity index (χ0n) is 15.4. The van der Waals surface area contributed by atoms with Crippen LogP contribution in [0.25, 0.3) is 10.4 Å². The van der Waals surface area contributed by atoms with Crippen LogP contribution in [0.5, 0.6) is 0 Å². The standard InChI is InChI=1S/C21H25ClN2OS/c1-21(24-12-6-3-7-13-24)14-17(23(2)20(21)25)19-11-10-18(26-19)15-8-4-5-9-16(15)22/h4-5,8-11,17H,3,6-7,12-14H2,1-2H3. The van der Waals surface area contributed by atoms with Gasteiger partial charge in [-0.2, -0.15) is 0 Å². The lowest BCUT2D eigenvalue weighted by Crippen LogP contribution is -2.53. The van der Waals surface area contributed by atoms with Gasteiger partial charge in [0, 0.05) is 27.4 Å². The number of hydrogen-bond donors (Lipinski definition) is 0. The highest BCUT2D eigenvalue weighted by atomic mass is 35.5. The number of halogens is 1. The van der Waals surface area contributed by atoms with Gasteiger partial charge in [-0.15, -0.1) is 11.3 Å². The predicted molar refractivity (Wildman–Crippen MR) is 109 cm³/mol. The Morgan fingerprint density at radius 3 is 2.58 bits per heavy atom. The van der Waals surface area contributed by atoms with Gasteiger partial charge in [0.2, 0.25) is 5.91 Å². The number of amides is 1. The van der Waals surface area contributed by atoms with E-state index in [0.29, 0.717) is 0 Å². The number of carbonyl (C=O) groups excluding carboxylic acids is 1. The van der Waals surface area contributed by atoms with Crippen molar-refractivity contribution in [2.45, 2.75) is 44.2 Å². The molecular formula is C21H25ClN2OS. The van der Waals surface area contributed by atoms with Crippen molar-refractivity contribution < 1.29 is 4.79 Å². The van der Waals surface area contributed by atoms with Crippen molar-refractivity contribution in [3.63, 3.8) is 0 Å². The molecule has 3 nitrogen and oxygen atoms in total. The summed E-state index contributed by atoms with van der Waals surface area (Å²) in [6, 6.07) is 12.4. The van der Waals surface area contributed by atoms with E-state index in [9.17, 15) is 4.79 Å². The zero-order valence-corrected chi connectivity index (χ0v) is 16.9. The van der Waals surface area contributed by atoms with E-state index in [-0.39, 0.29) is 17.5 Å². The third-order valence-electron chi connectivity index (χ3n) is 5.99. The first kappa shape index (κ1) is 18.0. The highest BCUT2D eigenvalue weighted by Gasteiger charge is 2.51. The molecule has 0 spiro atoms. The quantitative estimate of drug-likeness (QED) is 0.719. The molecule has 2 aliphatic heterocycles. The molecule has 3 heterocycles. The molecular weight excluding hydrogens is 364 g/mol. The molecule has 0 bridgehead atoms. The SMILES string of the molecule is CN1C(=O)C(C)(N2CCCCC2)CC1c1ccc(-c2ccccc2Cl)s1. The lowest BCUT2D eigenvalue weighted by atomic mass is 9.92. The molecule has 0 N–H and O–H groups in total. The van der Waals surface area contributed by atoms with Gasteiger partial charge < -0.3 is 4.90 Å². The van der Waals surface area contributed by atoms with Gasteiger partial charge in [-0.05, 0) is 57.5 Å². The summed E-state index contributed by atoms with van der Waals surface area (Å²) in [5.74, 6) is 0.261. The number of piperidine rings is 1. The van der Waals surface area contributed by atoms with E-state index < -0.39 is 0 Å². The van der Waals surface area contributed by atoms with Crippen molar-refractivity contribution >= 4 is 28.8 Å². The molecule has 1 aromatic carbocycles. The van der Waals surface area contributed by atoms with Gasteiger partial charge in [0.05, 0.1) is 6.04 Å². The van der Waals surface area contributed by atoms with Crippen molar-refractivity contribution in [1.29, 1.82) is 0 Å². The largest absolute Gasteiger partial charge is 0.336 e. The van der Waals surface area contributed by atoms with E-state index in [4.69, 9.17) is 11.6 Å². The number of thiophene rings is 1. The van der Waals surface area contributed by atoms with Gasteiger partial charge in [-0.3, -0.25) is 9.69 Å². The van der Waals surface area contributed by atoms with Crippen LogP contribution in [-0.2, 0) is 4.79 Å². The molecule has 0 saturated carbocycles. The highest BCUT2D eigenvalue weighted by molar-refractivity contribution is 7.15. The van der Waals surface area contributed by atoms with E-state index in [0.717, 1.165) is 35.0 Å². The van der Waals surface area contributed by atoms with Gasteiger partial charge in [-0.25, -0.2) is 0 Å². The Labute approximate surface area is 164 Å². The fourth-order valence-corrected chi connectivity index (χ4v) is 5.89. The smallest absolute Gasteiger partial charge is 0.243 e. The first-order valence-electron chi connectivity index (χ1n) is 9.37. The van der Waals surface area contributed by atoms with Crippen LogP contribution < -0.4 is 0 Å². The summed E-state index contributed by atoms with van der Waals surface area (Å²) in [7, 11) is 1.96. The van der Waals surface area contributed by atoms with E-state index in [1.807, 2.05) is 30.1 Å². The van der Waals surface area contributed by atoms with E-state index >= 15 is 0 Å². The van der Waals surface area contributed by atoms with E-state index in [2.05, 4.69) is 30.0 Å². The minimum atomic E-state index is -0.367. The summed E-state index contributed by atoms with van der Waals surface area (Å²) < 4.78 is 0. The normalized spacial score (nSPS) is 27.3. The van der Waals surface area contributed by atoms with Crippen LogP contribution in [0.3, 0.4) is 0 Å². The third-order valence-corrected chi connectivity index (χ3v) is 7.54. The molecule has 2 fully saturated rings. The number of likely N-dealkylation sites (N-methyl/N-ethyl adjacent to an activating group) is 1. The van der Waals surface area contributed by atoms with Gasteiger partial charge >= 0.3 is 0 Å². The second-order valence-electron chi connectivity index (χ2n) is 7.64. The zero-order chi connectivity index (χ0) is 18.3. The van der Waals surface area contributed by atoms with Gasteiger partial charge in [-0.1, -0.05) is 36.2 Å². The average molecular weight is 389 g/mol. The average Bonchev–Trinajstić information content (AvgIpc) is 3.23. The van der Waals surface area contributed by atoms with Crippen molar-refractivity contribution in [1.82, 2.24) is 9.80 Å². The van der Waals surface area contributed by atoms with Gasteiger partial charge in [0.25, 0.3) is 0 Å². The first-order valence-corrected chi connectivity index (χ1v) is 10.6. The van der Waals surface area contributed by atoms with Crippen LogP contribution in [0.15, 0.2) is 36.4 Å². The highest BCUT2D eigenvalue weighted by Crippen LogP contribution is 2.45. The molecule has 26 heavy (non-hydrogen) atoms. The summed E-state index contributed by atoms with van der Waals surface area (Å²) >= 11 is 8.12. The molecule has 0 aliphatic carbocycles. The Morgan fingerprint density at radius 2 is 1.85 bits per heavy atom. The molecule has 138 valence electrons. The second kappa shape index (κ2) is 6.99. The number of rotatable bonds is 3. The molecule has 2 aliphatic rings. The minimum Gasteiger partial charge on any atom is -0.336 e. The molecule has 1 amide bonds. The summed E-state index contributed by atoms with van der Waals surface area (Å²) in [6.45, 7) is 4.22. The van der Waals surface area contributed by atoms with Crippen molar-refractivity contribution in [2.24, 2.45) is 0 Å². The predicted octanol–water partition coefficient (Wildman–Crippen LogP) is 5.22. The maximum Gasteiger partial charge on any atom is 0.243 e. The monoisotopic (exact) mass is 388 g/mol. The van der Waals surface area contributed by atoms with E-state index in [1.54, 1.807) is 11.3 Å². The fourth-order valence-electron chi connectivity index (χ4n) is 4.40. The van der Waals surface area contributed by atoms with Crippen molar-refractivity contribution in [3.05, 3.63) is 46.3 Å². The number of likely N-dealkylation sites (tertiary alicyclic amines) is 2. The van der Waals surface area contributed by atoms with Gasteiger partial charge in [0.15, 0.2) is 0 Å². The Kier molecular flexibility index (Phi) is 4.84. The molecule has 4 rings (SSSR count). The topological polar surface area (TPSA) is 23.6 Å². The van der Waals surface area contributed by atoms with Crippen molar-refractivity contribution in [3.8, 4) is 10.4 Å². The third kappa shape index (κ3) is 2.98. The summed E-state index contributed by atoms with van der Waals surface area (Å²) in [5.41, 5.74) is 0.699. The molecule has 2 aromatic rings. The number of benzene rings is 1. The summed E-state index contributed by atoms with van der Waals surface area (Å²) in [6.07, 6.45) is 4.55. The van der Waals surface area contributed by atoms with Crippen molar-refractivity contribution in [2.75, 3.05) is 20.1 Å². The van der Waals surface area contributed by atoms with Crippen LogP contribution in [0, 0.1) is 0 Å². The van der Waals surface area contributed by atoms with Crippen LogP contribution in [0.4, 0.5) is 0 Å². The molecule has 0 radical (unpaired) electrons. The number of hydrogen-bond acceptors (Lipinski definition) is 3. The number of nitrogens with zero attached hydrogens (tertiary/aromatic N) is 2. The van der Waals surface area contributed by atoms with Gasteiger partial charge in [0.1, 0.15) is 5.54 Å². The summed E-state index contributed by atoms with van der Waals surface area (Å²) in [4.78, 5) is 19.9. The fraction of sp³-hybridized carbons (Fsp3) is 0.476. The first-order chi connectivity index (χ1) is 12.5. The lowest BCUT2D eigenvalue weighted by Gasteiger charge is -2.39. The molecule has 2 unspecified atom stereocenters. The number of carbonyl (C=O) groups is 1. The lowest BCUT2D eigenvalue weighted by molar-refractivity contribution is -0.137. The molecule has 1 aromatic heterocycles. The Hall–Kier alpha value is -1.36. The Bertz CT molecular complexity index is 814. The van der Waals surface area contributed by atoms with E-state index in [1.165, 1.54) is 24.1 Å². The maximum atomic E-state index is 13.1. The maximum absolute atomic E-state index is 13.1.